The number of rotatable bonds is 8. The van der Waals surface area contributed by atoms with Gasteiger partial charge in [0.05, 0.1) is 19.3 Å². The van der Waals surface area contributed by atoms with Crippen molar-refractivity contribution in [2.75, 3.05) is 23.5 Å². The van der Waals surface area contributed by atoms with E-state index in [1.807, 2.05) is 56.3 Å². The first kappa shape index (κ1) is 21.8. The summed E-state index contributed by atoms with van der Waals surface area (Å²) >= 11 is 2.52. The van der Waals surface area contributed by atoms with E-state index in [1.54, 1.807) is 7.11 Å². The first-order valence-corrected chi connectivity index (χ1v) is 11.0. The fourth-order valence-corrected chi connectivity index (χ4v) is 4.25. The average Bonchev–Trinajstić information content (AvgIpc) is 3.16. The molecule has 1 heterocycles. The maximum atomic E-state index is 12.2. The molecule has 0 unspecified atom stereocenters. The minimum absolute atomic E-state index is 0.118. The second-order valence-corrected chi connectivity index (χ2v) is 8.80. The topological polar surface area (TPSA) is 93.2 Å². The first-order valence-electron chi connectivity index (χ1n) is 9.19. The van der Waals surface area contributed by atoms with E-state index in [9.17, 15) is 9.59 Å². The van der Waals surface area contributed by atoms with Gasteiger partial charge in [0.1, 0.15) is 5.75 Å². The van der Waals surface area contributed by atoms with E-state index in [0.29, 0.717) is 9.47 Å². The van der Waals surface area contributed by atoms with Crippen LogP contribution < -0.4 is 15.4 Å². The van der Waals surface area contributed by atoms with Gasteiger partial charge in [-0.15, -0.1) is 10.2 Å². The number of carbonyl (C=O) groups excluding carboxylic acids is 2. The van der Waals surface area contributed by atoms with Crippen molar-refractivity contribution in [2.24, 2.45) is 0 Å². The zero-order valence-corrected chi connectivity index (χ0v) is 18.5. The summed E-state index contributed by atoms with van der Waals surface area (Å²) < 4.78 is 5.72. The summed E-state index contributed by atoms with van der Waals surface area (Å²) in [7, 11) is 1.60. The number of methoxy groups -OCH3 is 1. The second-order valence-electron chi connectivity index (χ2n) is 6.60. The van der Waals surface area contributed by atoms with Gasteiger partial charge in [-0.1, -0.05) is 52.9 Å². The Morgan fingerprint density at radius 2 is 1.80 bits per heavy atom. The van der Waals surface area contributed by atoms with Crippen molar-refractivity contribution >= 4 is 45.7 Å². The van der Waals surface area contributed by atoms with Gasteiger partial charge in [0.2, 0.25) is 16.9 Å². The highest BCUT2D eigenvalue weighted by atomic mass is 32.2. The van der Waals surface area contributed by atoms with E-state index in [4.69, 9.17) is 4.74 Å². The molecule has 0 bridgehead atoms. The zero-order chi connectivity index (χ0) is 21.5. The van der Waals surface area contributed by atoms with Crippen LogP contribution in [0.25, 0.3) is 0 Å². The molecule has 1 aromatic heterocycles. The highest BCUT2D eigenvalue weighted by Gasteiger charge is 2.12. The number of thioether (sulfide) groups is 1. The minimum Gasteiger partial charge on any atom is -0.497 e. The molecule has 7 nitrogen and oxygen atoms in total. The lowest BCUT2D eigenvalue weighted by Gasteiger charge is -2.08. The maximum Gasteiger partial charge on any atom is 0.234 e. The van der Waals surface area contributed by atoms with E-state index in [-0.39, 0.29) is 24.0 Å². The largest absolute Gasteiger partial charge is 0.497 e. The highest BCUT2D eigenvalue weighted by molar-refractivity contribution is 8.01. The van der Waals surface area contributed by atoms with E-state index in [0.717, 1.165) is 28.1 Å². The van der Waals surface area contributed by atoms with Crippen molar-refractivity contribution in [3.8, 4) is 5.75 Å². The fraction of sp³-hybridized carbons (Fsp3) is 0.238. The number of hydrogen-bond acceptors (Lipinski definition) is 7. The summed E-state index contributed by atoms with van der Waals surface area (Å²) in [6, 6.07) is 13.2. The van der Waals surface area contributed by atoms with Crippen LogP contribution in [0.5, 0.6) is 5.75 Å². The van der Waals surface area contributed by atoms with Crippen LogP contribution in [-0.2, 0) is 16.0 Å². The molecule has 3 rings (SSSR count). The van der Waals surface area contributed by atoms with Crippen LogP contribution in [0.15, 0.2) is 46.8 Å². The number of hydrogen-bond donors (Lipinski definition) is 2. The average molecular weight is 443 g/mol. The van der Waals surface area contributed by atoms with Gasteiger partial charge in [0.15, 0.2) is 4.34 Å². The Morgan fingerprint density at radius 1 is 1.03 bits per heavy atom. The van der Waals surface area contributed by atoms with Gasteiger partial charge in [-0.25, -0.2) is 0 Å². The Kier molecular flexibility index (Phi) is 7.42. The number of benzene rings is 2. The van der Waals surface area contributed by atoms with Gasteiger partial charge in [0, 0.05) is 5.69 Å². The van der Waals surface area contributed by atoms with Crippen LogP contribution in [0.2, 0.25) is 0 Å². The molecule has 156 valence electrons. The second kappa shape index (κ2) is 10.2. The van der Waals surface area contributed by atoms with Crippen LogP contribution in [0, 0.1) is 13.8 Å². The molecule has 30 heavy (non-hydrogen) atoms. The monoisotopic (exact) mass is 442 g/mol. The number of carbonyl (C=O) groups is 2. The molecule has 0 atom stereocenters. The van der Waals surface area contributed by atoms with Crippen molar-refractivity contribution < 1.29 is 14.3 Å². The number of nitrogens with zero attached hydrogens (tertiary/aromatic N) is 2. The summed E-state index contributed by atoms with van der Waals surface area (Å²) in [5, 5.41) is 14.1. The molecule has 9 heteroatoms. The molecule has 0 saturated carbocycles. The predicted octanol–water partition coefficient (Wildman–Crippen LogP) is 4.08. The van der Waals surface area contributed by atoms with Crippen LogP contribution in [0.4, 0.5) is 10.8 Å². The molecular weight excluding hydrogens is 420 g/mol. The SMILES string of the molecule is COc1ccc(CC(=O)Nc2nnc(SCC(=O)Nc3ccc(C)cc3C)s2)cc1. The summed E-state index contributed by atoms with van der Waals surface area (Å²) in [6.07, 6.45) is 0.227. The van der Waals surface area contributed by atoms with Crippen molar-refractivity contribution in [3.05, 3.63) is 59.2 Å². The third-order valence-corrected chi connectivity index (χ3v) is 6.13. The van der Waals surface area contributed by atoms with Crippen LogP contribution in [0.3, 0.4) is 0 Å². The molecule has 0 radical (unpaired) electrons. The molecule has 2 aromatic carbocycles. The Labute approximate surface area is 183 Å². The number of nitrogens with one attached hydrogen (secondary N) is 2. The van der Waals surface area contributed by atoms with Crippen LogP contribution in [0.1, 0.15) is 16.7 Å². The molecule has 0 fully saturated rings. The number of anilines is 2. The quantitative estimate of drug-likeness (QED) is 0.403. The first-order chi connectivity index (χ1) is 14.4. The fourth-order valence-electron chi connectivity index (χ4n) is 2.68. The van der Waals surface area contributed by atoms with Crippen molar-refractivity contribution in [2.45, 2.75) is 24.6 Å². The predicted molar refractivity (Wildman–Crippen MR) is 121 cm³/mol. The van der Waals surface area contributed by atoms with E-state index >= 15 is 0 Å². The molecule has 2 N–H and O–H groups in total. The molecular formula is C21H22N4O3S2. The molecule has 0 spiro atoms. The lowest BCUT2D eigenvalue weighted by molar-refractivity contribution is -0.115. The molecule has 0 aliphatic heterocycles. The molecule has 0 aliphatic rings. The summed E-state index contributed by atoms with van der Waals surface area (Å²) in [6.45, 7) is 3.97. The van der Waals surface area contributed by atoms with E-state index < -0.39 is 0 Å². The highest BCUT2D eigenvalue weighted by Crippen LogP contribution is 2.26. The normalized spacial score (nSPS) is 10.5. The number of aromatic nitrogens is 2. The van der Waals surface area contributed by atoms with Gasteiger partial charge in [-0.3, -0.25) is 9.59 Å². The Bertz CT molecular complexity index is 1030. The van der Waals surface area contributed by atoms with Crippen molar-refractivity contribution in [3.63, 3.8) is 0 Å². The smallest absolute Gasteiger partial charge is 0.234 e. The van der Waals surface area contributed by atoms with Gasteiger partial charge >= 0.3 is 0 Å². The number of aryl methyl sites for hydroxylation is 2. The number of ether oxygens (including phenoxy) is 1. The molecule has 0 aliphatic carbocycles. The van der Waals surface area contributed by atoms with Gasteiger partial charge in [0.25, 0.3) is 0 Å². The standard InChI is InChI=1S/C21H22N4O3S2/c1-13-4-9-17(14(2)10-13)22-19(27)12-29-21-25-24-20(30-21)23-18(26)11-15-5-7-16(28-3)8-6-15/h4-10H,11-12H2,1-3H3,(H,22,27)(H,23,24,26). The van der Waals surface area contributed by atoms with Gasteiger partial charge < -0.3 is 15.4 Å². The Hall–Kier alpha value is -2.91. The zero-order valence-electron chi connectivity index (χ0n) is 16.9. The van der Waals surface area contributed by atoms with E-state index in [2.05, 4.69) is 20.8 Å². The van der Waals surface area contributed by atoms with Crippen molar-refractivity contribution in [1.82, 2.24) is 10.2 Å². The van der Waals surface area contributed by atoms with Gasteiger partial charge in [-0.05, 0) is 43.2 Å². The summed E-state index contributed by atoms with van der Waals surface area (Å²) in [5.41, 5.74) is 3.84. The number of amides is 2. The third-order valence-electron chi connectivity index (χ3n) is 4.16. The minimum atomic E-state index is -0.180. The lowest BCUT2D eigenvalue weighted by Crippen LogP contribution is -2.14. The summed E-state index contributed by atoms with van der Waals surface area (Å²) in [5.74, 6) is 0.654. The third kappa shape index (κ3) is 6.30. The summed E-state index contributed by atoms with van der Waals surface area (Å²) in [4.78, 5) is 24.4. The lowest BCUT2D eigenvalue weighted by atomic mass is 10.1. The maximum absolute atomic E-state index is 12.2. The molecule has 2 amide bonds. The Morgan fingerprint density at radius 3 is 2.50 bits per heavy atom. The Balaban J connectivity index is 1.47. The molecule has 0 saturated heterocycles. The molecule has 3 aromatic rings. The van der Waals surface area contributed by atoms with Crippen molar-refractivity contribution in [1.29, 1.82) is 0 Å². The van der Waals surface area contributed by atoms with Crippen LogP contribution >= 0.6 is 23.1 Å². The van der Waals surface area contributed by atoms with E-state index in [1.165, 1.54) is 23.1 Å². The van der Waals surface area contributed by atoms with Crippen LogP contribution in [-0.4, -0.2) is 34.9 Å². The van der Waals surface area contributed by atoms with Gasteiger partial charge in [-0.2, -0.15) is 0 Å².